The number of ether oxygens (including phenoxy) is 3. The zero-order chi connectivity index (χ0) is 19.2. The highest BCUT2D eigenvalue weighted by atomic mass is 35.5. The van der Waals surface area contributed by atoms with Gasteiger partial charge in [-0.3, -0.25) is 24.5 Å². The summed E-state index contributed by atoms with van der Waals surface area (Å²) in [6, 6.07) is 3.11. The van der Waals surface area contributed by atoms with Gasteiger partial charge < -0.3 is 14.2 Å². The van der Waals surface area contributed by atoms with Crippen molar-refractivity contribution >= 4 is 35.2 Å². The zero-order valence-electron chi connectivity index (χ0n) is 13.7. The van der Waals surface area contributed by atoms with Crippen LogP contribution in [0.2, 0.25) is 5.02 Å². The van der Waals surface area contributed by atoms with Gasteiger partial charge in [-0.25, -0.2) is 0 Å². The third-order valence-electron chi connectivity index (χ3n) is 3.41. The minimum atomic E-state index is -2.25. The van der Waals surface area contributed by atoms with E-state index in [0.717, 1.165) is 32.4 Å². The number of carbonyl (C=O) groups excluding carboxylic acids is 3. The fourth-order valence-electron chi connectivity index (χ4n) is 2.28. The molecule has 136 valence electrons. The molecule has 0 aliphatic rings. The monoisotopic (exact) mass is 373 g/mol. The molecule has 0 unspecified atom stereocenters. The standard InChI is InChI=1S/C15H16ClNO8/c1-4-25-12(18)8-15(13(19)23-2,14(20)24-3)10-6-5-9(17(21)22)7-11(10)16/h5-7H,4,8H2,1-3H3. The number of nitro benzene ring substituents is 1. The number of nitrogens with zero attached hydrogens (tertiary/aromatic N) is 1. The number of non-ortho nitro benzene ring substituents is 1. The molecule has 0 N–H and O–H groups in total. The molecule has 0 heterocycles. The number of hydrogen-bond donors (Lipinski definition) is 0. The van der Waals surface area contributed by atoms with E-state index in [1.807, 2.05) is 0 Å². The molecular weight excluding hydrogens is 358 g/mol. The average molecular weight is 374 g/mol. The highest BCUT2D eigenvalue weighted by Crippen LogP contribution is 2.38. The van der Waals surface area contributed by atoms with E-state index in [9.17, 15) is 24.5 Å². The summed E-state index contributed by atoms with van der Waals surface area (Å²) in [7, 11) is 2.04. The largest absolute Gasteiger partial charge is 0.468 e. The van der Waals surface area contributed by atoms with E-state index in [1.54, 1.807) is 6.92 Å². The maximum absolute atomic E-state index is 12.4. The van der Waals surface area contributed by atoms with Crippen molar-refractivity contribution in [3.05, 3.63) is 38.9 Å². The molecular formula is C15H16ClNO8. The van der Waals surface area contributed by atoms with E-state index < -0.39 is 34.7 Å². The second-order valence-corrected chi connectivity index (χ2v) is 5.20. The zero-order valence-corrected chi connectivity index (χ0v) is 14.5. The lowest BCUT2D eigenvalue weighted by Crippen LogP contribution is -2.47. The van der Waals surface area contributed by atoms with Crippen LogP contribution in [-0.4, -0.2) is 43.7 Å². The van der Waals surface area contributed by atoms with Crippen LogP contribution < -0.4 is 0 Å². The van der Waals surface area contributed by atoms with Crippen molar-refractivity contribution < 1.29 is 33.5 Å². The molecule has 0 atom stereocenters. The molecule has 0 amide bonds. The van der Waals surface area contributed by atoms with Crippen molar-refractivity contribution in [1.29, 1.82) is 0 Å². The maximum Gasteiger partial charge on any atom is 0.328 e. The first kappa shape index (κ1) is 20.4. The third-order valence-corrected chi connectivity index (χ3v) is 3.72. The van der Waals surface area contributed by atoms with E-state index in [0.29, 0.717) is 0 Å². The number of carbonyl (C=O) groups is 3. The number of benzene rings is 1. The first-order chi connectivity index (χ1) is 11.7. The van der Waals surface area contributed by atoms with Crippen LogP contribution in [0.15, 0.2) is 18.2 Å². The summed E-state index contributed by atoms with van der Waals surface area (Å²) < 4.78 is 14.1. The lowest BCUT2D eigenvalue weighted by atomic mass is 9.77. The number of esters is 3. The van der Waals surface area contributed by atoms with Crippen molar-refractivity contribution in [3.8, 4) is 0 Å². The second kappa shape index (κ2) is 8.43. The van der Waals surface area contributed by atoms with Gasteiger partial charge in [-0.15, -0.1) is 0 Å². The molecule has 10 heteroatoms. The molecule has 1 aromatic carbocycles. The Hall–Kier alpha value is -2.68. The second-order valence-electron chi connectivity index (χ2n) is 4.79. The SMILES string of the molecule is CCOC(=O)CC(C(=O)OC)(C(=O)OC)c1ccc([N+](=O)[O-])cc1Cl. The number of halogens is 1. The Morgan fingerprint density at radius 1 is 1.20 bits per heavy atom. The van der Waals surface area contributed by atoms with E-state index in [2.05, 4.69) is 9.47 Å². The highest BCUT2D eigenvalue weighted by Gasteiger charge is 2.53. The molecule has 0 bridgehead atoms. The Labute approximate surface area is 147 Å². The first-order valence-corrected chi connectivity index (χ1v) is 7.39. The van der Waals surface area contributed by atoms with Crippen molar-refractivity contribution in [1.82, 2.24) is 0 Å². The minimum absolute atomic E-state index is 0.0191. The van der Waals surface area contributed by atoms with Gasteiger partial charge in [0.1, 0.15) is 0 Å². The molecule has 1 rings (SSSR count). The molecule has 0 aliphatic heterocycles. The fourth-order valence-corrected chi connectivity index (χ4v) is 2.62. The van der Waals surface area contributed by atoms with Gasteiger partial charge in [0.2, 0.25) is 5.41 Å². The molecule has 0 spiro atoms. The molecule has 0 fully saturated rings. The molecule has 0 saturated heterocycles. The van der Waals surface area contributed by atoms with E-state index in [1.165, 1.54) is 0 Å². The molecule has 9 nitrogen and oxygen atoms in total. The van der Waals surface area contributed by atoms with Gasteiger partial charge in [-0.2, -0.15) is 0 Å². The lowest BCUT2D eigenvalue weighted by molar-refractivity contribution is -0.384. The van der Waals surface area contributed by atoms with Crippen LogP contribution >= 0.6 is 11.6 Å². The molecule has 1 aromatic rings. The number of rotatable bonds is 7. The highest BCUT2D eigenvalue weighted by molar-refractivity contribution is 6.32. The van der Waals surface area contributed by atoms with Crippen LogP contribution in [0, 0.1) is 10.1 Å². The summed E-state index contributed by atoms with van der Waals surface area (Å²) in [5, 5.41) is 10.6. The van der Waals surface area contributed by atoms with Gasteiger partial charge in [-0.05, 0) is 13.0 Å². The number of methoxy groups -OCH3 is 2. The van der Waals surface area contributed by atoms with Gasteiger partial charge in [0.05, 0.1) is 37.2 Å². The fraction of sp³-hybridized carbons (Fsp3) is 0.400. The summed E-state index contributed by atoms with van der Waals surface area (Å²) in [6.07, 6.45) is -0.738. The van der Waals surface area contributed by atoms with Crippen LogP contribution in [-0.2, 0) is 34.0 Å². The number of hydrogen-bond acceptors (Lipinski definition) is 8. The maximum atomic E-state index is 12.4. The Morgan fingerprint density at radius 2 is 1.76 bits per heavy atom. The first-order valence-electron chi connectivity index (χ1n) is 7.01. The summed E-state index contributed by atoms with van der Waals surface area (Å²) >= 11 is 6.05. The Balaban J connectivity index is 3.63. The normalized spacial score (nSPS) is 10.7. The average Bonchev–Trinajstić information content (AvgIpc) is 2.58. The third kappa shape index (κ3) is 4.05. The van der Waals surface area contributed by atoms with E-state index in [-0.39, 0.29) is 22.9 Å². The predicted octanol–water partition coefficient (Wildman–Crippen LogP) is 1.79. The molecule has 25 heavy (non-hydrogen) atoms. The lowest BCUT2D eigenvalue weighted by Gasteiger charge is -2.28. The summed E-state index contributed by atoms with van der Waals surface area (Å²) in [5.41, 5.74) is -2.76. The summed E-state index contributed by atoms with van der Waals surface area (Å²) in [6.45, 7) is 1.57. The Morgan fingerprint density at radius 3 is 2.16 bits per heavy atom. The Kier molecular flexibility index (Phi) is 6.86. The van der Waals surface area contributed by atoms with Crippen molar-refractivity contribution in [2.75, 3.05) is 20.8 Å². The van der Waals surface area contributed by atoms with Gasteiger partial charge >= 0.3 is 17.9 Å². The van der Waals surface area contributed by atoms with Gasteiger partial charge in [0.25, 0.3) is 5.69 Å². The molecule has 0 aromatic heterocycles. The van der Waals surface area contributed by atoms with E-state index in [4.69, 9.17) is 16.3 Å². The van der Waals surface area contributed by atoms with Crippen molar-refractivity contribution in [2.45, 2.75) is 18.8 Å². The van der Waals surface area contributed by atoms with Gasteiger partial charge in [0.15, 0.2) is 0 Å². The number of nitro groups is 1. The smallest absolute Gasteiger partial charge is 0.328 e. The summed E-state index contributed by atoms with van der Waals surface area (Å²) in [4.78, 5) is 47.0. The van der Waals surface area contributed by atoms with Crippen LogP contribution in [0.3, 0.4) is 0 Å². The summed E-state index contributed by atoms with van der Waals surface area (Å²) in [5.74, 6) is -3.08. The molecule has 0 saturated carbocycles. The van der Waals surface area contributed by atoms with Gasteiger partial charge in [-0.1, -0.05) is 11.6 Å². The van der Waals surface area contributed by atoms with Gasteiger partial charge in [0, 0.05) is 17.7 Å². The van der Waals surface area contributed by atoms with Crippen LogP contribution in [0.4, 0.5) is 5.69 Å². The Bertz CT molecular complexity index is 687. The minimum Gasteiger partial charge on any atom is -0.468 e. The van der Waals surface area contributed by atoms with Crippen LogP contribution in [0.1, 0.15) is 18.9 Å². The molecule has 0 radical (unpaired) electrons. The molecule has 0 aliphatic carbocycles. The predicted molar refractivity (Wildman–Crippen MR) is 85.1 cm³/mol. The topological polar surface area (TPSA) is 122 Å². The van der Waals surface area contributed by atoms with Crippen LogP contribution in [0.25, 0.3) is 0 Å². The van der Waals surface area contributed by atoms with Crippen LogP contribution in [0.5, 0.6) is 0 Å². The van der Waals surface area contributed by atoms with Crippen molar-refractivity contribution in [3.63, 3.8) is 0 Å². The quantitative estimate of drug-likeness (QED) is 0.233. The van der Waals surface area contributed by atoms with Crippen molar-refractivity contribution in [2.24, 2.45) is 0 Å². The van der Waals surface area contributed by atoms with E-state index >= 15 is 0 Å².